The van der Waals surface area contributed by atoms with Crippen LogP contribution >= 0.6 is 0 Å². The van der Waals surface area contributed by atoms with Gasteiger partial charge in [0.1, 0.15) is 11.7 Å². The lowest BCUT2D eigenvalue weighted by molar-refractivity contribution is -0.137. The summed E-state index contributed by atoms with van der Waals surface area (Å²) < 4.78 is 5.40. The molecule has 16 heavy (non-hydrogen) atoms. The van der Waals surface area contributed by atoms with Crippen molar-refractivity contribution in [3.8, 4) is 5.75 Å². The summed E-state index contributed by atoms with van der Waals surface area (Å²) in [7, 11) is 0. The number of hydrogen-bond donors (Lipinski definition) is 1. The Balaban J connectivity index is 2.85. The first-order valence-electron chi connectivity index (χ1n) is 4.91. The lowest BCUT2D eigenvalue weighted by Crippen LogP contribution is -2.12. The van der Waals surface area contributed by atoms with Crippen LogP contribution < -0.4 is 4.74 Å². The Bertz CT molecular complexity index is 367. The van der Waals surface area contributed by atoms with Crippen LogP contribution in [0.5, 0.6) is 5.75 Å². The van der Waals surface area contributed by atoms with E-state index in [-0.39, 0.29) is 6.10 Å². The van der Waals surface area contributed by atoms with Gasteiger partial charge in [-0.05, 0) is 31.5 Å². The van der Waals surface area contributed by atoms with E-state index in [1.165, 1.54) is 6.29 Å². The van der Waals surface area contributed by atoms with E-state index >= 15 is 0 Å². The summed E-state index contributed by atoms with van der Waals surface area (Å²) in [5, 5.41) is 8.75. The van der Waals surface area contributed by atoms with Gasteiger partial charge in [0, 0.05) is 0 Å². The van der Waals surface area contributed by atoms with Gasteiger partial charge in [-0.2, -0.15) is 0 Å². The van der Waals surface area contributed by atoms with Crippen molar-refractivity contribution in [2.24, 2.45) is 0 Å². The molecule has 0 aromatic heterocycles. The number of rotatable bonds is 5. The molecule has 1 rings (SSSR count). The van der Waals surface area contributed by atoms with E-state index < -0.39 is 11.9 Å². The zero-order valence-electron chi connectivity index (χ0n) is 9.14. The van der Waals surface area contributed by atoms with Crippen LogP contribution in [-0.4, -0.2) is 23.5 Å². The molecule has 0 saturated heterocycles. The zero-order valence-corrected chi connectivity index (χ0v) is 9.14. The molecule has 0 aliphatic rings. The summed E-state index contributed by atoms with van der Waals surface area (Å²) >= 11 is 0. The van der Waals surface area contributed by atoms with Crippen molar-refractivity contribution in [2.75, 3.05) is 0 Å². The summed E-state index contributed by atoms with van der Waals surface area (Å²) in [5.41, 5.74) is 0.401. The average Bonchev–Trinajstić information content (AvgIpc) is 2.20. The van der Waals surface area contributed by atoms with Gasteiger partial charge in [-0.25, -0.2) is 0 Å². The molecule has 1 unspecified atom stereocenters. The number of carboxylic acids is 1. The Morgan fingerprint density at radius 2 is 1.88 bits per heavy atom. The van der Waals surface area contributed by atoms with Crippen LogP contribution in [0.3, 0.4) is 0 Å². The molecule has 0 spiro atoms. The maximum atomic E-state index is 10.7. The predicted octanol–water partition coefficient (Wildman–Crippen LogP) is 1.75. The van der Waals surface area contributed by atoms with Gasteiger partial charge in [-0.15, -0.1) is 0 Å². The maximum absolute atomic E-state index is 10.7. The van der Waals surface area contributed by atoms with Gasteiger partial charge in [0.2, 0.25) is 6.29 Å². The molecule has 0 amide bonds. The molecule has 4 nitrogen and oxygen atoms in total. The van der Waals surface area contributed by atoms with Gasteiger partial charge in [0.25, 0.3) is 0 Å². The van der Waals surface area contributed by atoms with E-state index in [0.717, 1.165) is 0 Å². The van der Waals surface area contributed by atoms with E-state index in [0.29, 0.717) is 11.3 Å². The Morgan fingerprint density at radius 1 is 1.31 bits per heavy atom. The third-order valence-corrected chi connectivity index (χ3v) is 1.95. The van der Waals surface area contributed by atoms with E-state index in [1.54, 1.807) is 24.3 Å². The van der Waals surface area contributed by atoms with Crippen LogP contribution in [0.1, 0.15) is 25.3 Å². The molecule has 1 atom stereocenters. The topological polar surface area (TPSA) is 63.6 Å². The number of carbonyl (C=O) groups excluding carboxylic acids is 1. The summed E-state index contributed by atoms with van der Waals surface area (Å²) in [4.78, 5) is 21.2. The first kappa shape index (κ1) is 12.2. The van der Waals surface area contributed by atoms with Crippen LogP contribution in [0.4, 0.5) is 0 Å². The number of benzene rings is 1. The molecular weight excluding hydrogens is 208 g/mol. The normalized spacial score (nSPS) is 12.2. The second-order valence-electron chi connectivity index (χ2n) is 3.62. The van der Waals surface area contributed by atoms with E-state index in [2.05, 4.69) is 0 Å². The summed E-state index contributed by atoms with van der Waals surface area (Å²) in [6.45, 7) is 3.79. The van der Waals surface area contributed by atoms with Gasteiger partial charge in [-0.3, -0.25) is 9.59 Å². The van der Waals surface area contributed by atoms with Crippen LogP contribution in [0.25, 0.3) is 0 Å². The first-order valence-corrected chi connectivity index (χ1v) is 4.91. The van der Waals surface area contributed by atoms with Gasteiger partial charge >= 0.3 is 5.97 Å². The second kappa shape index (κ2) is 5.30. The van der Waals surface area contributed by atoms with E-state index in [1.807, 2.05) is 13.8 Å². The molecule has 0 heterocycles. The van der Waals surface area contributed by atoms with E-state index in [9.17, 15) is 9.59 Å². The molecule has 4 heteroatoms. The Morgan fingerprint density at radius 3 is 2.25 bits per heavy atom. The summed E-state index contributed by atoms with van der Waals surface area (Å²) in [6, 6.07) is 6.40. The summed E-state index contributed by atoms with van der Waals surface area (Å²) in [5.74, 6) is -1.78. The van der Waals surface area contributed by atoms with Crippen molar-refractivity contribution in [3.05, 3.63) is 29.8 Å². The zero-order chi connectivity index (χ0) is 12.1. The predicted molar refractivity (Wildman–Crippen MR) is 58.3 cm³/mol. The molecular formula is C12H13O4. The molecule has 1 aromatic carbocycles. The Labute approximate surface area is 93.9 Å². The smallest absolute Gasteiger partial charge is 0.319 e. The number of carboxylic acid groups (broad SMARTS) is 1. The SMILES string of the molecule is CC(C)Oc1ccc(C([C]=O)C(=O)O)cc1. The molecule has 1 aromatic rings. The van der Waals surface area contributed by atoms with E-state index in [4.69, 9.17) is 9.84 Å². The standard InChI is InChI=1S/C12H13O4/c1-8(2)16-10-5-3-9(4-6-10)11(7-13)12(14)15/h3-6,8,11H,1-2H3,(H,14,15). The molecule has 0 aliphatic carbocycles. The fourth-order valence-corrected chi connectivity index (χ4v) is 1.27. The average molecular weight is 221 g/mol. The van der Waals surface area contributed by atoms with Crippen molar-refractivity contribution >= 4 is 12.3 Å². The third-order valence-electron chi connectivity index (χ3n) is 1.95. The molecule has 1 N–H and O–H groups in total. The molecule has 0 aliphatic heterocycles. The number of aliphatic carboxylic acids is 1. The largest absolute Gasteiger partial charge is 0.491 e. The minimum absolute atomic E-state index is 0.0544. The molecule has 0 bridgehead atoms. The van der Waals surface area contributed by atoms with Gasteiger partial charge in [-0.1, -0.05) is 12.1 Å². The van der Waals surface area contributed by atoms with Crippen molar-refractivity contribution in [1.29, 1.82) is 0 Å². The fourth-order valence-electron chi connectivity index (χ4n) is 1.27. The fraction of sp³-hybridized carbons (Fsp3) is 0.333. The number of ether oxygens (including phenoxy) is 1. The highest BCUT2D eigenvalue weighted by Gasteiger charge is 2.19. The van der Waals surface area contributed by atoms with Crippen LogP contribution in [0.2, 0.25) is 0 Å². The molecule has 1 radical (unpaired) electrons. The highest BCUT2D eigenvalue weighted by molar-refractivity contribution is 5.93. The minimum atomic E-state index is -1.23. The lowest BCUT2D eigenvalue weighted by Gasteiger charge is -2.10. The van der Waals surface area contributed by atoms with Crippen molar-refractivity contribution < 1.29 is 19.4 Å². The maximum Gasteiger partial charge on any atom is 0.319 e. The quantitative estimate of drug-likeness (QED) is 0.769. The second-order valence-corrected chi connectivity index (χ2v) is 3.62. The van der Waals surface area contributed by atoms with Crippen LogP contribution in [-0.2, 0) is 9.59 Å². The molecule has 85 valence electrons. The molecule has 0 saturated carbocycles. The van der Waals surface area contributed by atoms with Gasteiger partial charge in [0.05, 0.1) is 6.10 Å². The Hall–Kier alpha value is -1.84. The van der Waals surface area contributed by atoms with Gasteiger partial charge in [0.15, 0.2) is 0 Å². The highest BCUT2D eigenvalue weighted by atomic mass is 16.5. The van der Waals surface area contributed by atoms with Gasteiger partial charge < -0.3 is 9.84 Å². The van der Waals surface area contributed by atoms with Crippen molar-refractivity contribution in [2.45, 2.75) is 25.9 Å². The number of hydrogen-bond acceptors (Lipinski definition) is 3. The minimum Gasteiger partial charge on any atom is -0.491 e. The first-order chi connectivity index (χ1) is 7.54. The Kier molecular flexibility index (Phi) is 4.05. The number of carbonyl (C=O) groups is 1. The lowest BCUT2D eigenvalue weighted by atomic mass is 10.0. The van der Waals surface area contributed by atoms with Crippen molar-refractivity contribution in [1.82, 2.24) is 0 Å². The monoisotopic (exact) mass is 221 g/mol. The van der Waals surface area contributed by atoms with Crippen molar-refractivity contribution in [3.63, 3.8) is 0 Å². The van der Waals surface area contributed by atoms with Crippen LogP contribution in [0, 0.1) is 0 Å². The molecule has 0 fully saturated rings. The third kappa shape index (κ3) is 3.08. The summed E-state index contributed by atoms with van der Waals surface area (Å²) in [6.07, 6.45) is 1.54. The van der Waals surface area contributed by atoms with Crippen LogP contribution in [0.15, 0.2) is 24.3 Å². The highest BCUT2D eigenvalue weighted by Crippen LogP contribution is 2.19.